The lowest BCUT2D eigenvalue weighted by Gasteiger charge is -2.32. The van der Waals surface area contributed by atoms with Gasteiger partial charge in [0, 0.05) is 36.0 Å². The predicted molar refractivity (Wildman–Crippen MR) is 150 cm³/mol. The van der Waals surface area contributed by atoms with Crippen LogP contribution >= 0.6 is 23.2 Å². The number of ether oxygens (including phenoxy) is 1. The monoisotopic (exact) mass is 540 g/mol. The van der Waals surface area contributed by atoms with Crippen LogP contribution < -0.4 is 10.1 Å². The summed E-state index contributed by atoms with van der Waals surface area (Å²) in [5, 5.41) is 4.23. The van der Waals surface area contributed by atoms with E-state index in [-0.39, 0.29) is 24.8 Å². The molecule has 0 fully saturated rings. The van der Waals surface area contributed by atoms with Gasteiger partial charge in [-0.15, -0.1) is 0 Å². The Kier molecular flexibility index (Phi) is 11.3. The molecule has 3 aromatic carbocycles. The molecule has 0 saturated heterocycles. The molecule has 0 aliphatic rings. The first-order valence-corrected chi connectivity index (χ1v) is 13.3. The number of carbonyl (C=O) groups excluding carboxylic acids is 2. The van der Waals surface area contributed by atoms with Gasteiger partial charge in [-0.2, -0.15) is 0 Å². The molecule has 0 heterocycles. The predicted octanol–water partition coefficient (Wildman–Crippen LogP) is 6.56. The Bertz CT molecular complexity index is 1140. The van der Waals surface area contributed by atoms with Crippen LogP contribution in [0.1, 0.15) is 37.8 Å². The molecule has 3 rings (SSSR count). The summed E-state index contributed by atoms with van der Waals surface area (Å²) >= 11 is 12.4. The second kappa shape index (κ2) is 14.7. The van der Waals surface area contributed by atoms with Crippen molar-refractivity contribution in [3.63, 3.8) is 0 Å². The minimum absolute atomic E-state index is 0.125. The van der Waals surface area contributed by atoms with Crippen molar-refractivity contribution >= 4 is 35.0 Å². The first kappa shape index (κ1) is 28.5. The Morgan fingerprint density at radius 3 is 2.27 bits per heavy atom. The number of halogens is 2. The van der Waals surface area contributed by atoms with Crippen LogP contribution in [0.4, 0.5) is 0 Å². The molecule has 2 amide bonds. The zero-order valence-electron chi connectivity index (χ0n) is 21.3. The first-order valence-electron chi connectivity index (χ1n) is 12.6. The number of hydrogen-bond acceptors (Lipinski definition) is 3. The summed E-state index contributed by atoms with van der Waals surface area (Å²) in [6, 6.07) is 23.6. The summed E-state index contributed by atoms with van der Waals surface area (Å²) in [6.45, 7) is 5.23. The third kappa shape index (κ3) is 9.42. The average Bonchev–Trinajstić information content (AvgIpc) is 2.89. The smallest absolute Gasteiger partial charge is 0.243 e. The quantitative estimate of drug-likeness (QED) is 0.249. The van der Waals surface area contributed by atoms with E-state index in [1.54, 1.807) is 35.2 Å². The van der Waals surface area contributed by atoms with Crippen LogP contribution in [0.5, 0.6) is 5.75 Å². The highest BCUT2D eigenvalue weighted by Crippen LogP contribution is 2.22. The second-order valence-corrected chi connectivity index (χ2v) is 10.2. The fourth-order valence-corrected chi connectivity index (χ4v) is 4.20. The number of nitrogens with one attached hydrogen (secondary N) is 1. The average molecular weight is 542 g/mol. The van der Waals surface area contributed by atoms with Crippen LogP contribution in [0.3, 0.4) is 0 Å². The number of rotatable bonds is 13. The van der Waals surface area contributed by atoms with E-state index in [4.69, 9.17) is 27.9 Å². The van der Waals surface area contributed by atoms with E-state index in [2.05, 4.69) is 5.32 Å². The van der Waals surface area contributed by atoms with E-state index >= 15 is 0 Å². The molecule has 1 atom stereocenters. The summed E-state index contributed by atoms with van der Waals surface area (Å²) in [7, 11) is 0. The van der Waals surface area contributed by atoms with Gasteiger partial charge < -0.3 is 15.0 Å². The zero-order valence-corrected chi connectivity index (χ0v) is 22.8. The van der Waals surface area contributed by atoms with E-state index in [1.165, 1.54) is 0 Å². The summed E-state index contributed by atoms with van der Waals surface area (Å²) in [5.41, 5.74) is 1.78. The van der Waals surface area contributed by atoms with Gasteiger partial charge in [-0.1, -0.05) is 85.6 Å². The fourth-order valence-electron chi connectivity index (χ4n) is 3.87. The maximum absolute atomic E-state index is 13.6. The third-order valence-electron chi connectivity index (χ3n) is 5.87. The van der Waals surface area contributed by atoms with Crippen LogP contribution in [-0.4, -0.2) is 35.9 Å². The molecule has 0 radical (unpaired) electrons. The zero-order chi connectivity index (χ0) is 26.6. The summed E-state index contributed by atoms with van der Waals surface area (Å²) in [5.74, 6) is 0.689. The number of amides is 2. The first-order chi connectivity index (χ1) is 17.8. The van der Waals surface area contributed by atoms with Gasteiger partial charge >= 0.3 is 0 Å². The molecule has 0 aromatic heterocycles. The Balaban J connectivity index is 1.79. The standard InChI is InChI=1S/C30H34Cl2N2O3/c1-22(2)20-33-30(36)28(19-23-9-4-3-5-10-23)34(21-24-11-6-7-12-27(24)32)29(35)13-8-18-37-26-16-14-25(31)15-17-26/h3-7,9-12,14-17,22,28H,8,13,18-21H2,1-2H3,(H,33,36)/t28-/m0/s1. The molecule has 1 N–H and O–H groups in total. The highest BCUT2D eigenvalue weighted by atomic mass is 35.5. The van der Waals surface area contributed by atoms with Gasteiger partial charge in [0.15, 0.2) is 0 Å². The molecule has 0 aliphatic heterocycles. The second-order valence-electron chi connectivity index (χ2n) is 9.36. The lowest BCUT2D eigenvalue weighted by atomic mass is 10.0. The number of hydrogen-bond donors (Lipinski definition) is 1. The van der Waals surface area contributed by atoms with Gasteiger partial charge in [0.25, 0.3) is 0 Å². The highest BCUT2D eigenvalue weighted by molar-refractivity contribution is 6.31. The van der Waals surface area contributed by atoms with Crippen molar-refractivity contribution in [1.29, 1.82) is 0 Å². The van der Waals surface area contributed by atoms with Gasteiger partial charge in [-0.25, -0.2) is 0 Å². The minimum Gasteiger partial charge on any atom is -0.494 e. The van der Waals surface area contributed by atoms with E-state index in [0.717, 1.165) is 11.1 Å². The topological polar surface area (TPSA) is 58.6 Å². The van der Waals surface area contributed by atoms with Gasteiger partial charge in [0.2, 0.25) is 11.8 Å². The molecule has 5 nitrogen and oxygen atoms in total. The van der Waals surface area contributed by atoms with Crippen LogP contribution in [0, 0.1) is 5.92 Å². The Morgan fingerprint density at radius 1 is 0.919 bits per heavy atom. The van der Waals surface area contributed by atoms with Gasteiger partial charge in [-0.3, -0.25) is 9.59 Å². The van der Waals surface area contributed by atoms with Crippen molar-refractivity contribution in [3.05, 3.63) is 100 Å². The van der Waals surface area contributed by atoms with Crippen molar-refractivity contribution in [3.8, 4) is 5.75 Å². The van der Waals surface area contributed by atoms with E-state index < -0.39 is 6.04 Å². The Morgan fingerprint density at radius 2 is 1.59 bits per heavy atom. The van der Waals surface area contributed by atoms with Crippen molar-refractivity contribution in [2.75, 3.05) is 13.2 Å². The Labute approximate surface area is 229 Å². The fraction of sp³-hybridized carbons (Fsp3) is 0.333. The molecule has 7 heteroatoms. The van der Waals surface area contributed by atoms with Crippen LogP contribution in [0.15, 0.2) is 78.9 Å². The summed E-state index contributed by atoms with van der Waals surface area (Å²) in [4.78, 5) is 28.7. The largest absolute Gasteiger partial charge is 0.494 e. The van der Waals surface area contributed by atoms with E-state index in [1.807, 2.05) is 62.4 Å². The maximum Gasteiger partial charge on any atom is 0.243 e. The number of nitrogens with zero attached hydrogens (tertiary/aromatic N) is 1. The van der Waals surface area contributed by atoms with Gasteiger partial charge in [-0.05, 0) is 53.8 Å². The van der Waals surface area contributed by atoms with Crippen LogP contribution in [-0.2, 0) is 22.6 Å². The van der Waals surface area contributed by atoms with E-state index in [0.29, 0.717) is 47.7 Å². The van der Waals surface area contributed by atoms with Gasteiger partial charge in [0.05, 0.1) is 6.61 Å². The van der Waals surface area contributed by atoms with Gasteiger partial charge in [0.1, 0.15) is 11.8 Å². The molecular weight excluding hydrogens is 507 g/mol. The van der Waals surface area contributed by atoms with Crippen LogP contribution in [0.25, 0.3) is 0 Å². The molecule has 37 heavy (non-hydrogen) atoms. The van der Waals surface area contributed by atoms with Crippen LogP contribution in [0.2, 0.25) is 10.0 Å². The summed E-state index contributed by atoms with van der Waals surface area (Å²) in [6.07, 6.45) is 1.15. The van der Waals surface area contributed by atoms with Crippen molar-refractivity contribution < 1.29 is 14.3 Å². The highest BCUT2D eigenvalue weighted by Gasteiger charge is 2.30. The van der Waals surface area contributed by atoms with E-state index in [9.17, 15) is 9.59 Å². The normalized spacial score (nSPS) is 11.7. The molecule has 0 unspecified atom stereocenters. The van der Waals surface area contributed by atoms with Crippen molar-refractivity contribution in [2.24, 2.45) is 5.92 Å². The third-order valence-corrected chi connectivity index (χ3v) is 6.49. The maximum atomic E-state index is 13.6. The molecular formula is C30H34Cl2N2O3. The lowest BCUT2D eigenvalue weighted by Crippen LogP contribution is -2.51. The van der Waals surface area contributed by atoms with Crippen molar-refractivity contribution in [2.45, 2.75) is 45.7 Å². The number of benzene rings is 3. The summed E-state index contributed by atoms with van der Waals surface area (Å²) < 4.78 is 5.77. The molecule has 0 saturated carbocycles. The lowest BCUT2D eigenvalue weighted by molar-refractivity contribution is -0.141. The van der Waals surface area contributed by atoms with Crippen molar-refractivity contribution in [1.82, 2.24) is 10.2 Å². The molecule has 196 valence electrons. The number of carbonyl (C=O) groups is 2. The molecule has 0 aliphatic carbocycles. The molecule has 3 aromatic rings. The SMILES string of the molecule is CC(C)CNC(=O)[C@H](Cc1ccccc1)N(Cc1ccccc1Cl)C(=O)CCCOc1ccc(Cl)cc1. The molecule has 0 bridgehead atoms. The Hall–Kier alpha value is -3.02. The molecule has 0 spiro atoms. The minimum atomic E-state index is -0.679.